The summed E-state index contributed by atoms with van der Waals surface area (Å²) in [6.45, 7) is 0.423. The number of rotatable bonds is 7. The Morgan fingerprint density at radius 2 is 1.73 bits per heavy atom. The Bertz CT molecular complexity index is 1320. The molecule has 0 aliphatic carbocycles. The van der Waals surface area contributed by atoms with Crippen molar-refractivity contribution in [3.8, 4) is 17.2 Å². The molecule has 4 rings (SSSR count). The van der Waals surface area contributed by atoms with Crippen molar-refractivity contribution in [3.05, 3.63) is 99.1 Å². The molecule has 4 aromatic rings. The molecular weight excluding hydrogens is 531 g/mol. The van der Waals surface area contributed by atoms with Gasteiger partial charge in [0.15, 0.2) is 11.5 Å². The molecule has 0 bridgehead atoms. The number of ether oxygens (including phenoxy) is 2. The molecule has 0 aliphatic rings. The molecule has 166 valence electrons. The number of halogens is 1. The fourth-order valence-electron chi connectivity index (χ4n) is 3.26. The van der Waals surface area contributed by atoms with Crippen molar-refractivity contribution >= 4 is 45.5 Å². The van der Waals surface area contributed by atoms with E-state index in [1.54, 1.807) is 31.4 Å². The average Bonchev–Trinajstić information content (AvgIpc) is 2.83. The number of hydrogen-bond donors (Lipinski definition) is 2. The third-order valence-electron chi connectivity index (χ3n) is 4.98. The summed E-state index contributed by atoms with van der Waals surface area (Å²) < 4.78 is 12.5. The van der Waals surface area contributed by atoms with E-state index in [2.05, 4.69) is 33.1 Å². The van der Waals surface area contributed by atoms with Gasteiger partial charge in [0.2, 0.25) is 0 Å². The Labute approximate surface area is 205 Å². The molecule has 1 amide bonds. The maximum absolute atomic E-state index is 12.5. The normalized spacial score (nSPS) is 11.0. The summed E-state index contributed by atoms with van der Waals surface area (Å²) in [7, 11) is 1.57. The van der Waals surface area contributed by atoms with Gasteiger partial charge >= 0.3 is 0 Å². The molecule has 0 heterocycles. The molecule has 0 atom stereocenters. The van der Waals surface area contributed by atoms with Crippen molar-refractivity contribution in [2.24, 2.45) is 5.10 Å². The average molecular weight is 552 g/mol. The number of carbonyl (C=O) groups is 1. The summed E-state index contributed by atoms with van der Waals surface area (Å²) in [5, 5.41) is 15.9. The standard InChI is InChI=1S/C26H21IN2O4/c1-32-25-12-18(8-11-24(25)33-16-17-6-9-21(27)10-7-17)15-28-29-26(31)22-13-19-4-2-3-5-20(19)14-23(22)30/h2-15,30H,16H2,1H3,(H,29,31). The molecule has 7 heteroatoms. The lowest BCUT2D eigenvalue weighted by Crippen LogP contribution is -2.17. The van der Waals surface area contributed by atoms with E-state index < -0.39 is 5.91 Å². The third kappa shape index (κ3) is 5.61. The quantitative estimate of drug-likeness (QED) is 0.180. The van der Waals surface area contributed by atoms with Crippen LogP contribution in [0.2, 0.25) is 0 Å². The minimum Gasteiger partial charge on any atom is -0.507 e. The summed E-state index contributed by atoms with van der Waals surface area (Å²) in [5.74, 6) is 0.568. The number of phenolic OH excluding ortho intramolecular Hbond substituents is 1. The topological polar surface area (TPSA) is 80.2 Å². The highest BCUT2D eigenvalue weighted by Crippen LogP contribution is 2.28. The van der Waals surface area contributed by atoms with Gasteiger partial charge in [0.25, 0.3) is 5.91 Å². The SMILES string of the molecule is COc1cc(C=NNC(=O)c2cc3ccccc3cc2O)ccc1OCc1ccc(I)cc1. The van der Waals surface area contributed by atoms with Crippen molar-refractivity contribution in [3.63, 3.8) is 0 Å². The maximum atomic E-state index is 12.5. The summed E-state index contributed by atoms with van der Waals surface area (Å²) in [5.41, 5.74) is 4.39. The predicted octanol–water partition coefficient (Wildman–Crippen LogP) is 5.50. The van der Waals surface area contributed by atoms with Crippen molar-refractivity contribution in [1.29, 1.82) is 0 Å². The Balaban J connectivity index is 1.42. The zero-order valence-corrected chi connectivity index (χ0v) is 19.9. The van der Waals surface area contributed by atoms with Gasteiger partial charge in [0.05, 0.1) is 18.9 Å². The van der Waals surface area contributed by atoms with Crippen molar-refractivity contribution < 1.29 is 19.4 Å². The fraction of sp³-hybridized carbons (Fsp3) is 0.0769. The third-order valence-corrected chi connectivity index (χ3v) is 5.70. The number of nitrogens with zero attached hydrogens (tertiary/aromatic N) is 1. The number of aromatic hydroxyl groups is 1. The molecule has 0 aromatic heterocycles. The zero-order chi connectivity index (χ0) is 23.2. The van der Waals surface area contributed by atoms with Crippen LogP contribution in [-0.2, 0) is 6.61 Å². The number of methoxy groups -OCH3 is 1. The molecule has 0 aliphatic heterocycles. The van der Waals surface area contributed by atoms with Crippen LogP contribution < -0.4 is 14.9 Å². The van der Waals surface area contributed by atoms with E-state index >= 15 is 0 Å². The van der Waals surface area contributed by atoms with Crippen LogP contribution in [-0.4, -0.2) is 24.3 Å². The predicted molar refractivity (Wildman–Crippen MR) is 137 cm³/mol. The van der Waals surface area contributed by atoms with Crippen molar-refractivity contribution in [2.75, 3.05) is 7.11 Å². The van der Waals surface area contributed by atoms with Gasteiger partial charge < -0.3 is 14.6 Å². The molecular formula is C26H21IN2O4. The van der Waals surface area contributed by atoms with Crippen LogP contribution in [0, 0.1) is 3.57 Å². The van der Waals surface area contributed by atoms with E-state index in [1.807, 2.05) is 54.6 Å². The number of carbonyl (C=O) groups excluding carboxylic acids is 1. The first-order chi connectivity index (χ1) is 16.0. The molecule has 0 fully saturated rings. The highest BCUT2D eigenvalue weighted by Gasteiger charge is 2.12. The van der Waals surface area contributed by atoms with E-state index in [9.17, 15) is 9.90 Å². The Morgan fingerprint density at radius 1 is 1.00 bits per heavy atom. The Hall–Kier alpha value is -3.59. The lowest BCUT2D eigenvalue weighted by Gasteiger charge is -2.11. The van der Waals surface area contributed by atoms with Crippen LogP contribution in [0.25, 0.3) is 10.8 Å². The molecule has 0 saturated heterocycles. The van der Waals surface area contributed by atoms with Crippen molar-refractivity contribution in [2.45, 2.75) is 6.61 Å². The van der Waals surface area contributed by atoms with Gasteiger partial charge in [0, 0.05) is 3.57 Å². The minimum atomic E-state index is -0.501. The van der Waals surface area contributed by atoms with Gasteiger partial charge in [-0.15, -0.1) is 0 Å². The number of hydrazone groups is 1. The number of benzene rings is 4. The van der Waals surface area contributed by atoms with Gasteiger partial charge in [-0.3, -0.25) is 4.79 Å². The Morgan fingerprint density at radius 3 is 2.45 bits per heavy atom. The summed E-state index contributed by atoms with van der Waals surface area (Å²) in [4.78, 5) is 12.5. The smallest absolute Gasteiger partial charge is 0.275 e. The highest BCUT2D eigenvalue weighted by molar-refractivity contribution is 14.1. The molecule has 0 saturated carbocycles. The fourth-order valence-corrected chi connectivity index (χ4v) is 3.62. The molecule has 0 spiro atoms. The van der Waals surface area contributed by atoms with E-state index in [1.165, 1.54) is 9.78 Å². The largest absolute Gasteiger partial charge is 0.507 e. The lowest BCUT2D eigenvalue weighted by molar-refractivity contribution is 0.0952. The number of phenols is 1. The second-order valence-electron chi connectivity index (χ2n) is 7.24. The summed E-state index contributed by atoms with van der Waals surface area (Å²) in [6, 6.07) is 24.2. The number of nitrogens with one attached hydrogen (secondary N) is 1. The first-order valence-corrected chi connectivity index (χ1v) is 11.2. The van der Waals surface area contributed by atoms with Crippen LogP contribution in [0.3, 0.4) is 0 Å². The maximum Gasteiger partial charge on any atom is 0.275 e. The molecule has 2 N–H and O–H groups in total. The number of amides is 1. The van der Waals surface area contributed by atoms with Crippen LogP contribution in [0.1, 0.15) is 21.5 Å². The van der Waals surface area contributed by atoms with Gasteiger partial charge in [-0.25, -0.2) is 5.43 Å². The molecule has 4 aromatic carbocycles. The Kier molecular flexibility index (Phi) is 7.09. The van der Waals surface area contributed by atoms with Crippen LogP contribution in [0.15, 0.2) is 84.0 Å². The van der Waals surface area contributed by atoms with Crippen LogP contribution in [0.5, 0.6) is 17.2 Å². The molecule has 0 radical (unpaired) electrons. The highest BCUT2D eigenvalue weighted by atomic mass is 127. The zero-order valence-electron chi connectivity index (χ0n) is 17.8. The first-order valence-electron chi connectivity index (χ1n) is 10.1. The summed E-state index contributed by atoms with van der Waals surface area (Å²) >= 11 is 2.26. The second kappa shape index (κ2) is 10.4. The van der Waals surface area contributed by atoms with Gasteiger partial charge in [0.1, 0.15) is 12.4 Å². The van der Waals surface area contributed by atoms with Crippen LogP contribution >= 0.6 is 22.6 Å². The van der Waals surface area contributed by atoms with E-state index in [0.717, 1.165) is 21.9 Å². The van der Waals surface area contributed by atoms with Gasteiger partial charge in [-0.05, 0) is 87.0 Å². The summed E-state index contributed by atoms with van der Waals surface area (Å²) in [6.07, 6.45) is 1.50. The lowest BCUT2D eigenvalue weighted by atomic mass is 10.1. The molecule has 6 nitrogen and oxygen atoms in total. The number of fused-ring (bicyclic) bond motifs is 1. The number of hydrogen-bond acceptors (Lipinski definition) is 5. The van der Waals surface area contributed by atoms with Crippen LogP contribution in [0.4, 0.5) is 0 Å². The van der Waals surface area contributed by atoms with E-state index in [0.29, 0.717) is 18.1 Å². The van der Waals surface area contributed by atoms with E-state index in [-0.39, 0.29) is 11.3 Å². The molecule has 0 unspecified atom stereocenters. The molecule has 33 heavy (non-hydrogen) atoms. The first kappa shape index (κ1) is 22.6. The monoisotopic (exact) mass is 552 g/mol. The van der Waals surface area contributed by atoms with Crippen molar-refractivity contribution in [1.82, 2.24) is 5.43 Å². The van der Waals surface area contributed by atoms with Gasteiger partial charge in [-0.2, -0.15) is 5.10 Å². The van der Waals surface area contributed by atoms with E-state index in [4.69, 9.17) is 9.47 Å². The van der Waals surface area contributed by atoms with Gasteiger partial charge in [-0.1, -0.05) is 36.4 Å². The second-order valence-corrected chi connectivity index (χ2v) is 8.49. The minimum absolute atomic E-state index is 0.0994.